The summed E-state index contributed by atoms with van der Waals surface area (Å²) in [5, 5.41) is 4.08. The van der Waals surface area contributed by atoms with Crippen molar-refractivity contribution in [3.8, 4) is 0 Å². The molecule has 1 aliphatic rings. The quantitative estimate of drug-likeness (QED) is 0.845. The molecular formula is C15H23ClN2. The molecule has 0 unspecified atom stereocenters. The van der Waals surface area contributed by atoms with Gasteiger partial charge in [0.1, 0.15) is 0 Å². The van der Waals surface area contributed by atoms with Crippen molar-refractivity contribution in [3.05, 3.63) is 28.8 Å². The molecule has 1 aliphatic carbocycles. The van der Waals surface area contributed by atoms with Gasteiger partial charge in [-0.3, -0.25) is 0 Å². The van der Waals surface area contributed by atoms with E-state index in [9.17, 15) is 0 Å². The summed E-state index contributed by atoms with van der Waals surface area (Å²) in [5.41, 5.74) is 2.51. The maximum absolute atomic E-state index is 6.34. The first-order valence-corrected chi connectivity index (χ1v) is 7.20. The molecule has 0 atom stereocenters. The zero-order valence-electron chi connectivity index (χ0n) is 11.5. The van der Waals surface area contributed by atoms with Gasteiger partial charge in [-0.05, 0) is 51.8 Å². The van der Waals surface area contributed by atoms with Crippen molar-refractivity contribution in [1.82, 2.24) is 5.32 Å². The van der Waals surface area contributed by atoms with Crippen LogP contribution in [0.2, 0.25) is 5.02 Å². The molecule has 0 radical (unpaired) electrons. The molecule has 0 aliphatic heterocycles. The third-order valence-corrected chi connectivity index (χ3v) is 3.89. The predicted molar refractivity (Wildman–Crippen MR) is 79.4 cm³/mol. The lowest BCUT2D eigenvalue weighted by Gasteiger charge is -2.31. The van der Waals surface area contributed by atoms with Crippen molar-refractivity contribution in [2.45, 2.75) is 39.3 Å². The lowest BCUT2D eigenvalue weighted by Crippen LogP contribution is -2.34. The van der Waals surface area contributed by atoms with Crippen molar-refractivity contribution in [1.29, 1.82) is 0 Å². The summed E-state index contributed by atoms with van der Waals surface area (Å²) in [6, 6.07) is 6.74. The molecule has 1 fully saturated rings. The average molecular weight is 267 g/mol. The van der Waals surface area contributed by atoms with Gasteiger partial charge in [0.2, 0.25) is 0 Å². The van der Waals surface area contributed by atoms with Crippen LogP contribution >= 0.6 is 11.6 Å². The van der Waals surface area contributed by atoms with Gasteiger partial charge in [-0.25, -0.2) is 0 Å². The standard InChI is InChI=1S/C15H23ClN2/c1-11(2)18(10-12-7-8-12)15-6-4-5-14(16)13(15)9-17-3/h4-6,11-12,17H,7-10H2,1-3H3. The number of nitrogens with one attached hydrogen (secondary N) is 1. The molecule has 2 nitrogen and oxygen atoms in total. The molecule has 0 spiro atoms. The maximum atomic E-state index is 6.34. The summed E-state index contributed by atoms with van der Waals surface area (Å²) in [7, 11) is 1.97. The summed E-state index contributed by atoms with van der Waals surface area (Å²) < 4.78 is 0. The first-order valence-electron chi connectivity index (χ1n) is 6.82. The Balaban J connectivity index is 2.29. The summed E-state index contributed by atoms with van der Waals surface area (Å²) in [6.07, 6.45) is 2.76. The van der Waals surface area contributed by atoms with E-state index in [0.29, 0.717) is 6.04 Å². The minimum absolute atomic E-state index is 0.514. The van der Waals surface area contributed by atoms with E-state index in [1.807, 2.05) is 13.1 Å². The van der Waals surface area contributed by atoms with Gasteiger partial charge in [-0.15, -0.1) is 0 Å². The molecule has 1 aromatic carbocycles. The van der Waals surface area contributed by atoms with E-state index in [1.54, 1.807) is 0 Å². The number of rotatable bonds is 6. The average Bonchev–Trinajstić information content (AvgIpc) is 3.13. The number of hydrogen-bond donors (Lipinski definition) is 1. The highest BCUT2D eigenvalue weighted by molar-refractivity contribution is 6.31. The first kappa shape index (κ1) is 13.7. The molecule has 0 aromatic heterocycles. The van der Waals surface area contributed by atoms with Crippen molar-refractivity contribution in [2.75, 3.05) is 18.5 Å². The maximum Gasteiger partial charge on any atom is 0.0471 e. The molecular weight excluding hydrogens is 244 g/mol. The third-order valence-electron chi connectivity index (χ3n) is 3.53. The number of anilines is 1. The van der Waals surface area contributed by atoms with Crippen LogP contribution in [-0.4, -0.2) is 19.6 Å². The van der Waals surface area contributed by atoms with E-state index in [0.717, 1.165) is 24.0 Å². The number of benzene rings is 1. The van der Waals surface area contributed by atoms with Crippen LogP contribution in [0.15, 0.2) is 18.2 Å². The second-order valence-corrected chi connectivity index (χ2v) is 5.86. The molecule has 1 aromatic rings. The largest absolute Gasteiger partial charge is 0.369 e. The lowest BCUT2D eigenvalue weighted by atomic mass is 10.1. The van der Waals surface area contributed by atoms with E-state index in [2.05, 4.69) is 36.2 Å². The van der Waals surface area contributed by atoms with Crippen molar-refractivity contribution in [2.24, 2.45) is 5.92 Å². The van der Waals surface area contributed by atoms with E-state index in [-0.39, 0.29) is 0 Å². The monoisotopic (exact) mass is 266 g/mol. The Bertz CT molecular complexity index is 399. The predicted octanol–water partition coefficient (Wildman–Crippen LogP) is 3.68. The molecule has 100 valence electrons. The fraction of sp³-hybridized carbons (Fsp3) is 0.600. The molecule has 0 heterocycles. The van der Waals surface area contributed by atoms with Crippen molar-refractivity contribution < 1.29 is 0 Å². The van der Waals surface area contributed by atoms with Gasteiger partial charge in [0.15, 0.2) is 0 Å². The van der Waals surface area contributed by atoms with Crippen LogP contribution < -0.4 is 10.2 Å². The van der Waals surface area contributed by atoms with Gasteiger partial charge in [0.25, 0.3) is 0 Å². The van der Waals surface area contributed by atoms with E-state index in [4.69, 9.17) is 11.6 Å². The molecule has 1 saturated carbocycles. The van der Waals surface area contributed by atoms with Crippen LogP contribution in [0, 0.1) is 5.92 Å². The summed E-state index contributed by atoms with van der Waals surface area (Å²) in [4.78, 5) is 2.50. The smallest absolute Gasteiger partial charge is 0.0471 e. The SMILES string of the molecule is CNCc1c(Cl)cccc1N(CC1CC1)C(C)C. The summed E-state index contributed by atoms with van der Waals surface area (Å²) in [5.74, 6) is 0.883. The Morgan fingerprint density at radius 3 is 2.67 bits per heavy atom. The summed E-state index contributed by atoms with van der Waals surface area (Å²) in [6.45, 7) is 6.50. The highest BCUT2D eigenvalue weighted by Crippen LogP contribution is 2.35. The topological polar surface area (TPSA) is 15.3 Å². The van der Waals surface area contributed by atoms with Crippen molar-refractivity contribution in [3.63, 3.8) is 0 Å². The van der Waals surface area contributed by atoms with E-state index < -0.39 is 0 Å². The number of hydrogen-bond acceptors (Lipinski definition) is 2. The van der Waals surface area contributed by atoms with Gasteiger partial charge in [0.05, 0.1) is 0 Å². The van der Waals surface area contributed by atoms with Crippen LogP contribution in [0.3, 0.4) is 0 Å². The normalized spacial score (nSPS) is 15.2. The number of nitrogens with zero attached hydrogens (tertiary/aromatic N) is 1. The van der Waals surface area contributed by atoms with Crippen LogP contribution in [0.1, 0.15) is 32.3 Å². The molecule has 0 saturated heterocycles. The van der Waals surface area contributed by atoms with Gasteiger partial charge in [-0.2, -0.15) is 0 Å². The molecule has 2 rings (SSSR count). The minimum atomic E-state index is 0.514. The Morgan fingerprint density at radius 1 is 1.39 bits per heavy atom. The van der Waals surface area contributed by atoms with Gasteiger partial charge in [-0.1, -0.05) is 17.7 Å². The highest BCUT2D eigenvalue weighted by Gasteiger charge is 2.26. The van der Waals surface area contributed by atoms with Crippen LogP contribution in [0.25, 0.3) is 0 Å². The first-order chi connectivity index (χ1) is 8.63. The van der Waals surface area contributed by atoms with Crippen LogP contribution in [0.5, 0.6) is 0 Å². The van der Waals surface area contributed by atoms with E-state index >= 15 is 0 Å². The fourth-order valence-electron chi connectivity index (χ4n) is 2.33. The number of halogens is 1. The van der Waals surface area contributed by atoms with E-state index in [1.165, 1.54) is 24.1 Å². The Labute approximate surface area is 115 Å². The molecule has 1 N–H and O–H groups in total. The second kappa shape index (κ2) is 5.94. The molecule has 3 heteroatoms. The highest BCUT2D eigenvalue weighted by atomic mass is 35.5. The zero-order valence-corrected chi connectivity index (χ0v) is 12.3. The Hall–Kier alpha value is -0.730. The summed E-state index contributed by atoms with van der Waals surface area (Å²) >= 11 is 6.34. The minimum Gasteiger partial charge on any atom is -0.369 e. The lowest BCUT2D eigenvalue weighted by molar-refractivity contribution is 0.639. The van der Waals surface area contributed by atoms with Gasteiger partial charge < -0.3 is 10.2 Å². The fourth-order valence-corrected chi connectivity index (χ4v) is 2.57. The van der Waals surface area contributed by atoms with Gasteiger partial charge in [0, 0.05) is 35.4 Å². The van der Waals surface area contributed by atoms with Crippen LogP contribution in [-0.2, 0) is 6.54 Å². The zero-order chi connectivity index (χ0) is 13.1. The van der Waals surface area contributed by atoms with Gasteiger partial charge >= 0.3 is 0 Å². The Kier molecular flexibility index (Phi) is 4.52. The molecule has 0 bridgehead atoms. The Morgan fingerprint density at radius 2 is 2.11 bits per heavy atom. The second-order valence-electron chi connectivity index (χ2n) is 5.46. The molecule has 0 amide bonds. The van der Waals surface area contributed by atoms with Crippen molar-refractivity contribution >= 4 is 17.3 Å². The van der Waals surface area contributed by atoms with Crippen LogP contribution in [0.4, 0.5) is 5.69 Å². The third kappa shape index (κ3) is 3.18. The molecule has 18 heavy (non-hydrogen) atoms.